The van der Waals surface area contributed by atoms with Crippen molar-refractivity contribution in [1.29, 1.82) is 5.26 Å². The number of phenolic OH excluding ortho intramolecular Hbond substituents is 1. The van der Waals surface area contributed by atoms with Crippen LogP contribution in [0.5, 0.6) is 5.75 Å². The number of rotatable bonds is 3. The number of benzene rings is 1. The van der Waals surface area contributed by atoms with Gasteiger partial charge in [-0.2, -0.15) is 5.26 Å². The molecule has 0 spiro atoms. The lowest BCUT2D eigenvalue weighted by Gasteiger charge is -2.06. The van der Waals surface area contributed by atoms with Gasteiger partial charge >= 0.3 is 5.97 Å². The third-order valence-corrected chi connectivity index (χ3v) is 1.90. The van der Waals surface area contributed by atoms with E-state index >= 15 is 0 Å². The lowest BCUT2D eigenvalue weighted by molar-refractivity contribution is 0.0523. The van der Waals surface area contributed by atoms with E-state index in [1.54, 1.807) is 13.0 Å². The number of ether oxygens (including phenoxy) is 1. The van der Waals surface area contributed by atoms with E-state index in [4.69, 9.17) is 10.00 Å². The van der Waals surface area contributed by atoms with Gasteiger partial charge in [0.25, 0.3) is 0 Å². The van der Waals surface area contributed by atoms with Crippen molar-refractivity contribution >= 4 is 12.3 Å². The van der Waals surface area contributed by atoms with Crippen LogP contribution >= 0.6 is 0 Å². The van der Waals surface area contributed by atoms with Gasteiger partial charge in [-0.25, -0.2) is 4.79 Å². The number of nitrogens with zero attached hydrogens (tertiary/aromatic N) is 1. The quantitative estimate of drug-likeness (QED) is 0.610. The molecule has 82 valence electrons. The van der Waals surface area contributed by atoms with E-state index in [9.17, 15) is 14.7 Å². The number of hydrogen-bond donors (Lipinski definition) is 1. The summed E-state index contributed by atoms with van der Waals surface area (Å²) in [6.07, 6.45) is 0.350. The third-order valence-electron chi connectivity index (χ3n) is 1.90. The van der Waals surface area contributed by atoms with Gasteiger partial charge in [0.05, 0.1) is 29.4 Å². The average molecular weight is 219 g/mol. The number of aldehydes is 1. The Morgan fingerprint density at radius 2 is 2.31 bits per heavy atom. The number of carbonyl (C=O) groups is 2. The van der Waals surface area contributed by atoms with Crippen LogP contribution < -0.4 is 0 Å². The number of aromatic hydroxyl groups is 1. The molecule has 0 aliphatic heterocycles. The molecule has 0 radical (unpaired) electrons. The number of hydrogen-bond acceptors (Lipinski definition) is 5. The molecule has 1 aromatic rings. The second kappa shape index (κ2) is 4.94. The Morgan fingerprint density at radius 1 is 1.62 bits per heavy atom. The molecule has 0 heterocycles. The number of phenols is 1. The second-order valence-corrected chi connectivity index (χ2v) is 2.91. The highest BCUT2D eigenvalue weighted by Gasteiger charge is 2.17. The minimum atomic E-state index is -0.739. The lowest BCUT2D eigenvalue weighted by Crippen LogP contribution is -2.08. The molecule has 0 bridgehead atoms. The van der Waals surface area contributed by atoms with Crippen LogP contribution in [0.15, 0.2) is 12.1 Å². The summed E-state index contributed by atoms with van der Waals surface area (Å²) in [4.78, 5) is 22.1. The van der Waals surface area contributed by atoms with Crippen molar-refractivity contribution in [2.24, 2.45) is 0 Å². The largest absolute Gasteiger partial charge is 0.507 e. The topological polar surface area (TPSA) is 87.4 Å². The molecule has 0 saturated heterocycles. The Balaban J connectivity index is 3.35. The summed E-state index contributed by atoms with van der Waals surface area (Å²) < 4.78 is 4.71. The smallest absolute Gasteiger partial charge is 0.339 e. The Labute approximate surface area is 91.9 Å². The van der Waals surface area contributed by atoms with Crippen LogP contribution in [0, 0.1) is 11.3 Å². The predicted molar refractivity (Wildman–Crippen MR) is 54.2 cm³/mol. The van der Waals surface area contributed by atoms with Crippen molar-refractivity contribution in [3.05, 3.63) is 28.8 Å². The number of esters is 1. The summed E-state index contributed by atoms with van der Waals surface area (Å²) in [6, 6.07) is 4.10. The van der Waals surface area contributed by atoms with Gasteiger partial charge < -0.3 is 9.84 Å². The summed E-state index contributed by atoms with van der Waals surface area (Å²) in [7, 11) is 0. The molecule has 0 saturated carbocycles. The van der Waals surface area contributed by atoms with E-state index < -0.39 is 11.7 Å². The molecule has 16 heavy (non-hydrogen) atoms. The molecule has 0 aliphatic carbocycles. The van der Waals surface area contributed by atoms with Crippen molar-refractivity contribution in [3.8, 4) is 11.8 Å². The first-order chi connectivity index (χ1) is 7.63. The normalized spacial score (nSPS) is 9.25. The van der Waals surface area contributed by atoms with Crippen LogP contribution in [-0.4, -0.2) is 24.0 Å². The van der Waals surface area contributed by atoms with Gasteiger partial charge in [-0.3, -0.25) is 4.79 Å². The molecular formula is C11H9NO4. The zero-order valence-corrected chi connectivity index (χ0v) is 8.56. The fourth-order valence-electron chi connectivity index (χ4n) is 1.20. The molecule has 5 heteroatoms. The Morgan fingerprint density at radius 3 is 2.81 bits per heavy atom. The molecule has 1 N–H and O–H groups in total. The fourth-order valence-corrected chi connectivity index (χ4v) is 1.20. The Kier molecular flexibility index (Phi) is 3.62. The van der Waals surface area contributed by atoms with Gasteiger partial charge in [-0.15, -0.1) is 0 Å². The summed E-state index contributed by atoms with van der Waals surface area (Å²) in [5, 5.41) is 18.1. The van der Waals surface area contributed by atoms with Crippen molar-refractivity contribution in [2.45, 2.75) is 6.92 Å². The van der Waals surface area contributed by atoms with Gasteiger partial charge in [0.2, 0.25) is 0 Å². The maximum absolute atomic E-state index is 11.4. The molecule has 0 amide bonds. The number of carbonyl (C=O) groups excluding carboxylic acids is 2. The highest BCUT2D eigenvalue weighted by molar-refractivity contribution is 6.00. The van der Waals surface area contributed by atoms with Crippen LogP contribution in [0.3, 0.4) is 0 Å². The van der Waals surface area contributed by atoms with E-state index in [-0.39, 0.29) is 23.3 Å². The standard InChI is InChI=1S/C11H9NO4/c1-2-16-11(15)8-3-7(5-12)4-10(14)9(8)6-13/h3-4,6,14H,2H2,1H3. The molecule has 0 aliphatic rings. The minimum Gasteiger partial charge on any atom is -0.507 e. The molecule has 1 aromatic carbocycles. The minimum absolute atomic E-state index is 0.0890. The SMILES string of the molecule is CCOC(=O)c1cc(C#N)cc(O)c1C=O. The van der Waals surface area contributed by atoms with E-state index in [2.05, 4.69) is 0 Å². The monoisotopic (exact) mass is 219 g/mol. The van der Waals surface area contributed by atoms with Crippen LogP contribution in [0.1, 0.15) is 33.2 Å². The van der Waals surface area contributed by atoms with E-state index in [1.807, 2.05) is 0 Å². The predicted octanol–water partition coefficient (Wildman–Crippen LogP) is 1.25. The maximum Gasteiger partial charge on any atom is 0.339 e. The molecule has 0 atom stereocenters. The van der Waals surface area contributed by atoms with Crippen LogP contribution in [0.25, 0.3) is 0 Å². The van der Waals surface area contributed by atoms with Crippen LogP contribution in [0.2, 0.25) is 0 Å². The average Bonchev–Trinajstić information content (AvgIpc) is 2.28. The first-order valence-corrected chi connectivity index (χ1v) is 4.53. The highest BCUT2D eigenvalue weighted by Crippen LogP contribution is 2.22. The molecule has 1 rings (SSSR count). The Bertz CT molecular complexity index is 474. The van der Waals surface area contributed by atoms with Crippen molar-refractivity contribution < 1.29 is 19.4 Å². The third kappa shape index (κ3) is 2.17. The van der Waals surface area contributed by atoms with Gasteiger partial charge in [-0.1, -0.05) is 0 Å². The first kappa shape index (κ1) is 11.7. The highest BCUT2D eigenvalue weighted by atomic mass is 16.5. The van der Waals surface area contributed by atoms with Gasteiger partial charge in [0, 0.05) is 0 Å². The number of nitriles is 1. The first-order valence-electron chi connectivity index (χ1n) is 4.53. The van der Waals surface area contributed by atoms with Gasteiger partial charge in [-0.05, 0) is 19.1 Å². The van der Waals surface area contributed by atoms with E-state index in [0.29, 0.717) is 6.29 Å². The zero-order chi connectivity index (χ0) is 12.1. The van der Waals surface area contributed by atoms with Crippen molar-refractivity contribution in [1.82, 2.24) is 0 Å². The summed E-state index contributed by atoms with van der Waals surface area (Å²) >= 11 is 0. The maximum atomic E-state index is 11.4. The molecule has 5 nitrogen and oxygen atoms in total. The van der Waals surface area contributed by atoms with Crippen LogP contribution in [-0.2, 0) is 4.74 Å². The van der Waals surface area contributed by atoms with Crippen molar-refractivity contribution in [2.75, 3.05) is 6.61 Å². The molecule has 0 unspecified atom stereocenters. The zero-order valence-electron chi connectivity index (χ0n) is 8.56. The summed E-state index contributed by atoms with van der Waals surface area (Å²) in [5.74, 6) is -1.14. The molecular weight excluding hydrogens is 210 g/mol. The van der Waals surface area contributed by atoms with Crippen LogP contribution in [0.4, 0.5) is 0 Å². The summed E-state index contributed by atoms with van der Waals surface area (Å²) in [6.45, 7) is 1.77. The summed E-state index contributed by atoms with van der Waals surface area (Å²) in [5.41, 5.74) is -0.183. The molecule has 0 aromatic heterocycles. The van der Waals surface area contributed by atoms with E-state index in [0.717, 1.165) is 6.07 Å². The Hall–Kier alpha value is -2.35. The van der Waals surface area contributed by atoms with E-state index in [1.165, 1.54) is 6.07 Å². The van der Waals surface area contributed by atoms with Gasteiger partial charge in [0.1, 0.15) is 5.75 Å². The fraction of sp³-hybridized carbons (Fsp3) is 0.182. The second-order valence-electron chi connectivity index (χ2n) is 2.91. The van der Waals surface area contributed by atoms with Crippen molar-refractivity contribution in [3.63, 3.8) is 0 Å². The molecule has 0 fully saturated rings. The van der Waals surface area contributed by atoms with Gasteiger partial charge in [0.15, 0.2) is 6.29 Å². The lowest BCUT2D eigenvalue weighted by atomic mass is 10.0.